The molecule has 2 aliphatic rings. The lowest BCUT2D eigenvalue weighted by Crippen LogP contribution is -2.32. The summed E-state index contributed by atoms with van der Waals surface area (Å²) < 4.78 is 44.3. The van der Waals surface area contributed by atoms with Crippen LogP contribution in [-0.2, 0) is 6.18 Å². The minimum absolute atomic E-state index is 0.0704. The molecule has 268 valence electrons. The summed E-state index contributed by atoms with van der Waals surface area (Å²) in [6.45, 7) is 4.10. The minimum Gasteiger partial charge on any atom is -0.378 e. The number of anilines is 2. The first-order chi connectivity index (χ1) is 24.8. The Labute approximate surface area is 301 Å². The Morgan fingerprint density at radius 1 is 0.885 bits per heavy atom. The van der Waals surface area contributed by atoms with Crippen LogP contribution in [-0.4, -0.2) is 59.4 Å². The van der Waals surface area contributed by atoms with Crippen LogP contribution in [0.4, 0.5) is 24.5 Å². The average molecular weight is 706 g/mol. The second kappa shape index (κ2) is 13.6. The maximum absolute atomic E-state index is 14.5. The van der Waals surface area contributed by atoms with E-state index < -0.39 is 23.8 Å². The first kappa shape index (κ1) is 35.0. The van der Waals surface area contributed by atoms with E-state index >= 15 is 0 Å². The largest absolute Gasteiger partial charge is 0.433 e. The average Bonchev–Trinajstić information content (AvgIpc) is 3.74. The first-order valence-electron chi connectivity index (χ1n) is 17.5. The van der Waals surface area contributed by atoms with Gasteiger partial charge in [-0.05, 0) is 83.9 Å². The van der Waals surface area contributed by atoms with E-state index in [1.165, 1.54) is 11.1 Å². The van der Waals surface area contributed by atoms with Gasteiger partial charge in [0, 0.05) is 57.1 Å². The molecule has 3 heterocycles. The van der Waals surface area contributed by atoms with Crippen molar-refractivity contribution in [2.45, 2.75) is 51.2 Å². The molecule has 1 fully saturated rings. The molecule has 0 saturated heterocycles. The van der Waals surface area contributed by atoms with Crippen molar-refractivity contribution >= 4 is 34.7 Å². The molecule has 1 amide bonds. The van der Waals surface area contributed by atoms with Gasteiger partial charge in [0.15, 0.2) is 17.0 Å². The van der Waals surface area contributed by atoms with Gasteiger partial charge in [0.2, 0.25) is 0 Å². The highest BCUT2D eigenvalue weighted by atomic mass is 19.4. The van der Waals surface area contributed by atoms with Crippen molar-refractivity contribution in [3.05, 3.63) is 119 Å². The summed E-state index contributed by atoms with van der Waals surface area (Å²) in [5.74, 6) is -0.413. The second-order valence-electron chi connectivity index (χ2n) is 14.3. The molecule has 52 heavy (non-hydrogen) atoms. The summed E-state index contributed by atoms with van der Waals surface area (Å²) >= 11 is 0. The maximum Gasteiger partial charge on any atom is 0.433 e. The number of halogens is 3. The fourth-order valence-corrected chi connectivity index (χ4v) is 7.13. The van der Waals surface area contributed by atoms with Crippen molar-refractivity contribution in [3.8, 4) is 11.3 Å². The van der Waals surface area contributed by atoms with Gasteiger partial charge in [0.05, 0.1) is 17.4 Å². The van der Waals surface area contributed by atoms with E-state index in [0.29, 0.717) is 5.56 Å². The van der Waals surface area contributed by atoms with E-state index in [0.717, 1.165) is 69.2 Å². The zero-order valence-corrected chi connectivity index (χ0v) is 30.2. The van der Waals surface area contributed by atoms with Gasteiger partial charge >= 0.3 is 6.18 Å². The smallest absolute Gasteiger partial charge is 0.378 e. The molecule has 0 bridgehead atoms. The predicted octanol–water partition coefficient (Wildman–Crippen LogP) is 9.11. The van der Waals surface area contributed by atoms with Crippen molar-refractivity contribution in [2.24, 2.45) is 11.0 Å². The number of hydrogen-bond donors (Lipinski definition) is 0. The summed E-state index contributed by atoms with van der Waals surface area (Å²) in [7, 11) is 7.92. The fraction of sp³-hybridized carbons (Fsp3) is 0.317. The Hall–Kier alpha value is -5.45. The number of nitrogens with zero attached hydrogens (tertiary/aromatic N) is 7. The molecule has 2 unspecified atom stereocenters. The maximum atomic E-state index is 14.5. The molecule has 2 aromatic heterocycles. The number of hydrazone groups is 1. The van der Waals surface area contributed by atoms with Crippen molar-refractivity contribution in [1.29, 1.82) is 0 Å². The second-order valence-corrected chi connectivity index (χ2v) is 14.3. The molecular formula is C41H42F3N7O. The topological polar surface area (TPSA) is 69.3 Å². The molecule has 2 atom stereocenters. The SMILES string of the molecule is CC(C)c1ccc(-c2cc(C(F)(F)F)n3nc(C(=O)N4N=C5/C(=C/c6ccc(N(C)C)cc6)CCCC5C4c4ccc(N(C)C)cc4)cc3n2)cc1. The number of fused-ring (bicyclic) bond motifs is 2. The predicted molar refractivity (Wildman–Crippen MR) is 201 cm³/mol. The molecule has 0 spiro atoms. The molecule has 11 heteroatoms. The molecule has 8 nitrogen and oxygen atoms in total. The van der Waals surface area contributed by atoms with Gasteiger partial charge in [-0.25, -0.2) is 14.5 Å². The third kappa shape index (κ3) is 6.67. The van der Waals surface area contributed by atoms with Crippen LogP contribution in [0.25, 0.3) is 23.0 Å². The number of aromatic nitrogens is 3. The summed E-state index contributed by atoms with van der Waals surface area (Å²) in [5, 5.41) is 10.6. The van der Waals surface area contributed by atoms with Crippen LogP contribution in [0.1, 0.15) is 77.9 Å². The minimum atomic E-state index is -4.75. The van der Waals surface area contributed by atoms with Gasteiger partial charge in [-0.1, -0.05) is 62.4 Å². The summed E-state index contributed by atoms with van der Waals surface area (Å²) in [5.41, 5.74) is 6.40. The third-order valence-corrected chi connectivity index (χ3v) is 10.0. The molecule has 1 saturated carbocycles. The zero-order valence-electron chi connectivity index (χ0n) is 30.2. The molecule has 5 aromatic rings. The molecule has 1 aliphatic heterocycles. The van der Waals surface area contributed by atoms with Crippen LogP contribution in [0.3, 0.4) is 0 Å². The van der Waals surface area contributed by atoms with E-state index in [-0.39, 0.29) is 28.9 Å². The highest BCUT2D eigenvalue weighted by molar-refractivity contribution is 6.09. The number of benzene rings is 3. The number of carbonyl (C=O) groups excluding carboxylic acids is 1. The summed E-state index contributed by atoms with van der Waals surface area (Å²) in [6.07, 6.45) is -0.0983. The van der Waals surface area contributed by atoms with Gasteiger partial charge in [0.1, 0.15) is 0 Å². The summed E-state index contributed by atoms with van der Waals surface area (Å²) in [6, 6.07) is 25.4. The monoisotopic (exact) mass is 705 g/mol. The van der Waals surface area contributed by atoms with E-state index in [1.54, 1.807) is 12.1 Å². The van der Waals surface area contributed by atoms with E-state index in [4.69, 9.17) is 5.10 Å². The van der Waals surface area contributed by atoms with Crippen molar-refractivity contribution < 1.29 is 18.0 Å². The quantitative estimate of drug-likeness (QED) is 0.169. The van der Waals surface area contributed by atoms with E-state index in [9.17, 15) is 18.0 Å². The zero-order chi connectivity index (χ0) is 36.9. The van der Waals surface area contributed by atoms with Crippen LogP contribution in [0.15, 0.2) is 95.6 Å². The number of hydrogen-bond acceptors (Lipinski definition) is 6. The van der Waals surface area contributed by atoms with Crippen molar-refractivity contribution in [2.75, 3.05) is 38.0 Å². The van der Waals surface area contributed by atoms with Crippen LogP contribution in [0, 0.1) is 5.92 Å². The lowest BCUT2D eigenvalue weighted by atomic mass is 9.77. The van der Waals surface area contributed by atoms with Crippen LogP contribution < -0.4 is 9.80 Å². The number of rotatable bonds is 7. The fourth-order valence-electron chi connectivity index (χ4n) is 7.13. The normalized spacial score (nSPS) is 18.2. The Morgan fingerprint density at radius 2 is 1.52 bits per heavy atom. The molecule has 7 rings (SSSR count). The molecule has 3 aromatic carbocycles. The van der Waals surface area contributed by atoms with Crippen LogP contribution in [0.2, 0.25) is 0 Å². The number of carbonyl (C=O) groups is 1. The van der Waals surface area contributed by atoms with Gasteiger partial charge in [-0.2, -0.15) is 23.4 Å². The number of alkyl halides is 3. The van der Waals surface area contributed by atoms with E-state index in [2.05, 4.69) is 54.3 Å². The molecule has 0 N–H and O–H groups in total. The van der Waals surface area contributed by atoms with Crippen LogP contribution >= 0.6 is 0 Å². The number of amides is 1. The summed E-state index contributed by atoms with van der Waals surface area (Å²) in [4.78, 5) is 23.1. The van der Waals surface area contributed by atoms with Gasteiger partial charge in [0.25, 0.3) is 5.91 Å². The molecule has 1 aliphatic carbocycles. The molecular weight excluding hydrogens is 663 g/mol. The van der Waals surface area contributed by atoms with E-state index in [1.807, 2.05) is 74.4 Å². The lowest BCUT2D eigenvalue weighted by Gasteiger charge is -2.29. The first-order valence-corrected chi connectivity index (χ1v) is 17.5. The molecule has 0 radical (unpaired) electrons. The lowest BCUT2D eigenvalue weighted by molar-refractivity contribution is -0.142. The van der Waals surface area contributed by atoms with Crippen molar-refractivity contribution in [1.82, 2.24) is 19.6 Å². The standard InChI is InChI=1S/C41H42F3N7O/c1-25(2)27-12-14-28(15-13-27)34-23-36(41(42,43)44)50-37(45-34)24-35(46-50)40(52)51-39(29-16-20-32(21-17-29)49(5)6)33-9-7-8-30(38(33)47-51)22-26-10-18-31(19-11-26)48(3)4/h10-25,33,39H,7-9H2,1-6H3/b30-22+. The van der Waals surface area contributed by atoms with Crippen LogP contribution in [0.5, 0.6) is 0 Å². The highest BCUT2D eigenvalue weighted by Gasteiger charge is 2.45. The van der Waals surface area contributed by atoms with Gasteiger partial charge in [-0.3, -0.25) is 4.79 Å². The van der Waals surface area contributed by atoms with Gasteiger partial charge in [-0.15, -0.1) is 0 Å². The highest BCUT2D eigenvalue weighted by Crippen LogP contribution is 2.45. The third-order valence-electron chi connectivity index (χ3n) is 10.0. The Bertz CT molecular complexity index is 2160. The Kier molecular flexibility index (Phi) is 9.14. The number of allylic oxidation sites excluding steroid dienone is 1. The van der Waals surface area contributed by atoms with Crippen molar-refractivity contribution in [3.63, 3.8) is 0 Å². The Morgan fingerprint density at radius 3 is 2.12 bits per heavy atom. The Balaban J connectivity index is 1.31. The van der Waals surface area contributed by atoms with Gasteiger partial charge < -0.3 is 9.80 Å².